The first-order chi connectivity index (χ1) is 12.3. The molecular formula is C19H21N3O3. The Morgan fingerprint density at radius 1 is 1.32 bits per heavy atom. The van der Waals surface area contributed by atoms with Crippen molar-refractivity contribution in [2.45, 2.75) is 37.7 Å². The summed E-state index contributed by atoms with van der Waals surface area (Å²) in [5.41, 5.74) is 2.36. The zero-order valence-corrected chi connectivity index (χ0v) is 14.0. The molecule has 6 heteroatoms. The summed E-state index contributed by atoms with van der Waals surface area (Å²) < 4.78 is 12.0. The van der Waals surface area contributed by atoms with Crippen LogP contribution in [0.4, 0.5) is 0 Å². The molecule has 1 atom stereocenters. The molecule has 1 aromatic carbocycles. The quantitative estimate of drug-likeness (QED) is 0.619. The fourth-order valence-electron chi connectivity index (χ4n) is 3.10. The van der Waals surface area contributed by atoms with Gasteiger partial charge in [0.2, 0.25) is 0 Å². The number of esters is 1. The molecule has 2 fully saturated rings. The van der Waals surface area contributed by atoms with Crippen LogP contribution in [0.3, 0.4) is 0 Å². The van der Waals surface area contributed by atoms with Crippen molar-refractivity contribution in [1.82, 2.24) is 14.8 Å². The molecule has 0 bridgehead atoms. The molecule has 1 saturated heterocycles. The smallest absolute Gasteiger partial charge is 0.332 e. The summed E-state index contributed by atoms with van der Waals surface area (Å²) >= 11 is 0. The molecule has 2 heterocycles. The van der Waals surface area contributed by atoms with Crippen LogP contribution in [0, 0.1) is 0 Å². The summed E-state index contributed by atoms with van der Waals surface area (Å²) in [5.74, 6) is 0.944. The average Bonchev–Trinajstić information content (AvgIpc) is 3.23. The minimum atomic E-state index is -0.389. The molecule has 1 unspecified atom stereocenters. The summed E-state index contributed by atoms with van der Waals surface area (Å²) in [5, 5.41) is 4.41. The van der Waals surface area contributed by atoms with Gasteiger partial charge >= 0.3 is 5.97 Å². The van der Waals surface area contributed by atoms with Crippen LogP contribution in [0.1, 0.15) is 37.2 Å². The third-order valence-electron chi connectivity index (χ3n) is 4.76. The number of benzene rings is 1. The molecule has 4 rings (SSSR count). The maximum atomic E-state index is 11.8. The number of hydrogen-bond donors (Lipinski definition) is 0. The lowest BCUT2D eigenvalue weighted by Gasteiger charge is -2.25. The molecule has 130 valence electrons. The normalized spacial score (nSPS) is 20.7. The molecule has 25 heavy (non-hydrogen) atoms. The second-order valence-electron chi connectivity index (χ2n) is 6.54. The molecule has 1 saturated carbocycles. The molecule has 2 aliphatic rings. The van der Waals surface area contributed by atoms with E-state index in [-0.39, 0.29) is 12.1 Å². The van der Waals surface area contributed by atoms with E-state index in [4.69, 9.17) is 9.47 Å². The number of carbonyl (C=O) groups is 1. The van der Waals surface area contributed by atoms with Crippen LogP contribution in [-0.2, 0) is 14.3 Å². The SMILES string of the molecule is O=C(/C=C\n1cnc(-c2cccc(C3CCC3)c2)n1)OC1CCOC1. The first kappa shape index (κ1) is 16.0. The topological polar surface area (TPSA) is 66.2 Å². The van der Waals surface area contributed by atoms with Crippen LogP contribution < -0.4 is 0 Å². The third-order valence-corrected chi connectivity index (χ3v) is 4.76. The number of carbonyl (C=O) groups excluding carboxylic acids is 1. The highest BCUT2D eigenvalue weighted by Gasteiger charge is 2.20. The van der Waals surface area contributed by atoms with Crippen molar-refractivity contribution >= 4 is 12.2 Å². The molecule has 1 aromatic heterocycles. The van der Waals surface area contributed by atoms with Gasteiger partial charge in [-0.1, -0.05) is 24.6 Å². The fourth-order valence-corrected chi connectivity index (χ4v) is 3.10. The third kappa shape index (κ3) is 3.79. The highest BCUT2D eigenvalue weighted by molar-refractivity contribution is 5.85. The molecule has 1 aliphatic heterocycles. The molecular weight excluding hydrogens is 318 g/mol. The predicted octanol–water partition coefficient (Wildman–Crippen LogP) is 3.02. The van der Waals surface area contributed by atoms with Crippen LogP contribution >= 0.6 is 0 Å². The summed E-state index contributed by atoms with van der Waals surface area (Å²) in [4.78, 5) is 16.1. The average molecular weight is 339 g/mol. The van der Waals surface area contributed by atoms with E-state index in [1.54, 1.807) is 12.5 Å². The van der Waals surface area contributed by atoms with Crippen molar-refractivity contribution < 1.29 is 14.3 Å². The van der Waals surface area contributed by atoms with Crippen LogP contribution in [0.15, 0.2) is 36.7 Å². The minimum absolute atomic E-state index is 0.141. The van der Waals surface area contributed by atoms with Gasteiger partial charge in [0.05, 0.1) is 13.2 Å². The van der Waals surface area contributed by atoms with Crippen molar-refractivity contribution in [3.8, 4) is 11.4 Å². The Bertz CT molecular complexity index is 774. The number of aromatic nitrogens is 3. The Morgan fingerprint density at radius 3 is 3.00 bits per heavy atom. The van der Waals surface area contributed by atoms with Gasteiger partial charge in [-0.15, -0.1) is 5.10 Å². The first-order valence-corrected chi connectivity index (χ1v) is 8.76. The van der Waals surface area contributed by atoms with Crippen LogP contribution in [-0.4, -0.2) is 40.1 Å². The van der Waals surface area contributed by atoms with E-state index < -0.39 is 0 Å². The van der Waals surface area contributed by atoms with Gasteiger partial charge in [0.1, 0.15) is 12.4 Å². The Labute approximate surface area is 146 Å². The predicted molar refractivity (Wildman–Crippen MR) is 92.7 cm³/mol. The second-order valence-corrected chi connectivity index (χ2v) is 6.54. The van der Waals surface area contributed by atoms with E-state index in [1.165, 1.54) is 35.6 Å². The summed E-state index contributed by atoms with van der Waals surface area (Å²) in [7, 11) is 0. The first-order valence-electron chi connectivity index (χ1n) is 8.76. The molecule has 2 aromatic rings. The van der Waals surface area contributed by atoms with E-state index in [1.807, 2.05) is 6.07 Å². The molecule has 0 spiro atoms. The Balaban J connectivity index is 1.41. The standard InChI is InChI=1S/C19H21N3O3/c23-18(25-17-8-10-24-12-17)7-9-22-13-20-19(21-22)16-6-2-5-15(11-16)14-3-1-4-14/h2,5-7,9,11,13-14,17H,1,3-4,8,10,12H2/b9-7-. The lowest BCUT2D eigenvalue weighted by atomic mass is 9.80. The maximum Gasteiger partial charge on any atom is 0.332 e. The number of nitrogens with zero attached hydrogens (tertiary/aromatic N) is 3. The molecule has 0 radical (unpaired) electrons. The van der Waals surface area contributed by atoms with Crippen molar-refractivity contribution in [3.05, 3.63) is 42.2 Å². The largest absolute Gasteiger partial charge is 0.457 e. The number of ether oxygens (including phenoxy) is 2. The van der Waals surface area contributed by atoms with Gasteiger partial charge in [-0.25, -0.2) is 14.5 Å². The Morgan fingerprint density at radius 2 is 2.24 bits per heavy atom. The zero-order chi connectivity index (χ0) is 17.1. The van der Waals surface area contributed by atoms with E-state index in [9.17, 15) is 4.79 Å². The number of hydrogen-bond acceptors (Lipinski definition) is 5. The van der Waals surface area contributed by atoms with Gasteiger partial charge < -0.3 is 9.47 Å². The molecule has 0 N–H and O–H groups in total. The van der Waals surface area contributed by atoms with E-state index >= 15 is 0 Å². The Kier molecular flexibility index (Phi) is 4.61. The minimum Gasteiger partial charge on any atom is -0.457 e. The van der Waals surface area contributed by atoms with Gasteiger partial charge in [0, 0.05) is 24.3 Å². The lowest BCUT2D eigenvalue weighted by Crippen LogP contribution is -2.16. The van der Waals surface area contributed by atoms with Crippen molar-refractivity contribution in [2.24, 2.45) is 0 Å². The van der Waals surface area contributed by atoms with E-state index in [2.05, 4.69) is 28.3 Å². The van der Waals surface area contributed by atoms with E-state index in [0.29, 0.717) is 25.0 Å². The highest BCUT2D eigenvalue weighted by atomic mass is 16.6. The molecule has 6 nitrogen and oxygen atoms in total. The van der Waals surface area contributed by atoms with Gasteiger partial charge in [-0.3, -0.25) is 0 Å². The van der Waals surface area contributed by atoms with Gasteiger partial charge in [0.25, 0.3) is 0 Å². The summed E-state index contributed by atoms with van der Waals surface area (Å²) in [6, 6.07) is 8.41. The monoisotopic (exact) mass is 339 g/mol. The van der Waals surface area contributed by atoms with Crippen LogP contribution in [0.2, 0.25) is 0 Å². The van der Waals surface area contributed by atoms with Crippen molar-refractivity contribution in [1.29, 1.82) is 0 Å². The van der Waals surface area contributed by atoms with Gasteiger partial charge in [-0.2, -0.15) is 0 Å². The molecule has 1 aliphatic carbocycles. The summed E-state index contributed by atoms with van der Waals surface area (Å²) in [6.45, 7) is 1.12. The fraction of sp³-hybridized carbons (Fsp3) is 0.421. The van der Waals surface area contributed by atoms with Crippen molar-refractivity contribution in [3.63, 3.8) is 0 Å². The Hall–Kier alpha value is -2.47. The van der Waals surface area contributed by atoms with Gasteiger partial charge in [-0.05, 0) is 30.4 Å². The van der Waals surface area contributed by atoms with Gasteiger partial charge in [0.15, 0.2) is 5.82 Å². The van der Waals surface area contributed by atoms with Crippen LogP contribution in [0.25, 0.3) is 17.6 Å². The number of rotatable bonds is 5. The summed E-state index contributed by atoms with van der Waals surface area (Å²) in [6.07, 6.45) is 8.97. The second kappa shape index (κ2) is 7.19. The maximum absolute atomic E-state index is 11.8. The lowest BCUT2D eigenvalue weighted by molar-refractivity contribution is -0.142. The highest BCUT2D eigenvalue weighted by Crippen LogP contribution is 2.37. The van der Waals surface area contributed by atoms with Crippen molar-refractivity contribution in [2.75, 3.05) is 13.2 Å². The molecule has 0 amide bonds. The zero-order valence-electron chi connectivity index (χ0n) is 14.0. The van der Waals surface area contributed by atoms with Crippen LogP contribution in [0.5, 0.6) is 0 Å². The van der Waals surface area contributed by atoms with E-state index in [0.717, 1.165) is 12.0 Å².